The molecule has 0 saturated carbocycles. The van der Waals surface area contributed by atoms with E-state index in [1.165, 1.54) is 0 Å². The predicted octanol–water partition coefficient (Wildman–Crippen LogP) is 7.55. The Morgan fingerprint density at radius 3 is 2.15 bits per heavy atom. The zero-order chi connectivity index (χ0) is 23.8. The highest BCUT2D eigenvalue weighted by Gasteiger charge is 2.43. The summed E-state index contributed by atoms with van der Waals surface area (Å²) in [5.74, 6) is -0.422. The topological polar surface area (TPSA) is 64.4 Å². The molecule has 5 rings (SSSR count). The van der Waals surface area contributed by atoms with Crippen LogP contribution in [0.2, 0.25) is 10.0 Å². The smallest absolute Gasteiger partial charge is 0.161 e. The minimum Gasteiger partial charge on any atom is -0.507 e. The van der Waals surface area contributed by atoms with Crippen LogP contribution in [0.3, 0.4) is 0 Å². The minimum atomic E-state index is -0.573. The van der Waals surface area contributed by atoms with Crippen LogP contribution in [0, 0.1) is 5.41 Å². The number of hydrogen-bond acceptors (Lipinski definition) is 3. The van der Waals surface area contributed by atoms with Gasteiger partial charge in [-0.05, 0) is 54.8 Å². The monoisotopic (exact) mass is 488 g/mol. The van der Waals surface area contributed by atoms with Crippen molar-refractivity contribution >= 4 is 46.3 Å². The van der Waals surface area contributed by atoms with Crippen LogP contribution >= 0.6 is 23.2 Å². The van der Waals surface area contributed by atoms with Gasteiger partial charge < -0.3 is 5.11 Å². The Balaban J connectivity index is 1.82. The van der Waals surface area contributed by atoms with Crippen molar-refractivity contribution in [2.75, 3.05) is 4.90 Å². The first-order valence-electron chi connectivity index (χ1n) is 11.1. The Bertz CT molecular complexity index is 1330. The Labute approximate surface area is 208 Å². The van der Waals surface area contributed by atoms with E-state index < -0.39 is 5.92 Å². The van der Waals surface area contributed by atoms with Crippen LogP contribution in [0.4, 0.5) is 5.69 Å². The molecular weight excluding hydrogens is 467 g/mol. The first kappa shape index (κ1) is 22.5. The van der Waals surface area contributed by atoms with Gasteiger partial charge >= 0.3 is 0 Å². The molecule has 1 atom stereocenters. The van der Waals surface area contributed by atoms with E-state index in [1.807, 2.05) is 42.5 Å². The highest BCUT2D eigenvalue weighted by Crippen LogP contribution is 2.48. The summed E-state index contributed by atoms with van der Waals surface area (Å²) in [4.78, 5) is 15.2. The molecule has 2 N–H and O–H groups in total. The fourth-order valence-corrected chi connectivity index (χ4v) is 5.06. The number of anilines is 1. The molecule has 2 aliphatic rings. The molecule has 0 aromatic heterocycles. The molecule has 3 aromatic rings. The van der Waals surface area contributed by atoms with Crippen LogP contribution in [0.1, 0.15) is 36.3 Å². The number of allylic oxidation sites excluding steroid dienone is 2. The van der Waals surface area contributed by atoms with Gasteiger partial charge in [0.15, 0.2) is 5.78 Å². The van der Waals surface area contributed by atoms with Crippen molar-refractivity contribution in [2.24, 2.45) is 0 Å². The quantitative estimate of drug-likeness (QED) is 0.374. The maximum Gasteiger partial charge on any atom is 0.161 e. The molecule has 4 nitrogen and oxygen atoms in total. The highest BCUT2D eigenvalue weighted by atomic mass is 35.5. The summed E-state index contributed by atoms with van der Waals surface area (Å²) >= 11 is 12.3. The van der Waals surface area contributed by atoms with Gasteiger partial charge in [-0.2, -0.15) is 0 Å². The molecule has 1 heterocycles. The highest BCUT2D eigenvalue weighted by molar-refractivity contribution is 6.31. The number of rotatable bonds is 3. The molecule has 0 unspecified atom stereocenters. The van der Waals surface area contributed by atoms with E-state index in [2.05, 4.69) is 0 Å². The van der Waals surface area contributed by atoms with E-state index in [0.717, 1.165) is 16.9 Å². The second kappa shape index (κ2) is 9.13. The number of aliphatic hydroxyl groups is 1. The molecule has 6 heteroatoms. The van der Waals surface area contributed by atoms with E-state index in [0.29, 0.717) is 46.0 Å². The number of ketones is 1. The van der Waals surface area contributed by atoms with E-state index in [4.69, 9.17) is 23.2 Å². The van der Waals surface area contributed by atoms with Crippen molar-refractivity contribution in [3.05, 3.63) is 117 Å². The van der Waals surface area contributed by atoms with Crippen LogP contribution in [-0.2, 0) is 4.79 Å². The number of carbonyl (C=O) groups is 1. The molecule has 1 aliphatic carbocycles. The predicted molar refractivity (Wildman–Crippen MR) is 138 cm³/mol. The second-order valence-electron chi connectivity index (χ2n) is 8.41. The van der Waals surface area contributed by atoms with Crippen molar-refractivity contribution in [3.8, 4) is 0 Å². The maximum absolute atomic E-state index is 13.4. The Kier molecular flexibility index (Phi) is 6.03. The molecule has 0 saturated heterocycles. The van der Waals surface area contributed by atoms with Crippen LogP contribution in [0.5, 0.6) is 0 Å². The fraction of sp³-hybridized carbons (Fsp3) is 0.143. The van der Waals surface area contributed by atoms with Gasteiger partial charge in [0, 0.05) is 50.5 Å². The third-order valence-electron chi connectivity index (χ3n) is 6.35. The summed E-state index contributed by atoms with van der Waals surface area (Å²) in [5, 5.41) is 22.0. The lowest BCUT2D eigenvalue weighted by Crippen LogP contribution is -2.42. The zero-order valence-electron chi connectivity index (χ0n) is 18.3. The summed E-state index contributed by atoms with van der Waals surface area (Å²) in [5.41, 5.74) is 3.93. The van der Waals surface area contributed by atoms with Crippen molar-refractivity contribution in [3.63, 3.8) is 0 Å². The number of halogens is 2. The van der Waals surface area contributed by atoms with Gasteiger partial charge in [-0.15, -0.1) is 0 Å². The molecular formula is C28H22Cl2N2O2. The number of hydrogen-bond donors (Lipinski definition) is 2. The van der Waals surface area contributed by atoms with E-state index in [1.54, 1.807) is 41.3 Å². The van der Waals surface area contributed by atoms with Gasteiger partial charge in [-0.3, -0.25) is 15.1 Å². The summed E-state index contributed by atoms with van der Waals surface area (Å²) in [6, 6.07) is 23.6. The summed E-state index contributed by atoms with van der Waals surface area (Å²) in [7, 11) is 0. The van der Waals surface area contributed by atoms with Crippen LogP contribution in [-0.4, -0.2) is 16.7 Å². The lowest BCUT2D eigenvalue weighted by atomic mass is 9.73. The van der Waals surface area contributed by atoms with Crippen LogP contribution in [0.25, 0.3) is 5.76 Å². The number of nitrogens with one attached hydrogen (secondary N) is 1. The largest absolute Gasteiger partial charge is 0.507 e. The normalized spacial score (nSPS) is 19.8. The molecule has 0 bridgehead atoms. The lowest BCUT2D eigenvalue weighted by molar-refractivity contribution is -0.116. The van der Waals surface area contributed by atoms with Gasteiger partial charge in [0.2, 0.25) is 0 Å². The van der Waals surface area contributed by atoms with Crippen molar-refractivity contribution < 1.29 is 9.90 Å². The Morgan fingerprint density at radius 2 is 1.50 bits per heavy atom. The number of aliphatic hydroxyl groups excluding tert-OH is 1. The molecule has 170 valence electrons. The van der Waals surface area contributed by atoms with Gasteiger partial charge in [0.05, 0.1) is 0 Å². The van der Waals surface area contributed by atoms with E-state index in [9.17, 15) is 15.3 Å². The van der Waals surface area contributed by atoms with Crippen molar-refractivity contribution in [1.82, 2.24) is 0 Å². The number of carbonyl (C=O) groups excluding carboxylic acids is 1. The maximum atomic E-state index is 13.4. The average Bonchev–Trinajstić information content (AvgIpc) is 2.85. The molecule has 0 fully saturated rings. The molecule has 0 spiro atoms. The summed E-state index contributed by atoms with van der Waals surface area (Å²) in [6.45, 7) is 0. The van der Waals surface area contributed by atoms with E-state index >= 15 is 0 Å². The van der Waals surface area contributed by atoms with Crippen molar-refractivity contribution in [2.45, 2.75) is 25.2 Å². The van der Waals surface area contributed by atoms with Gasteiger partial charge in [0.25, 0.3) is 0 Å². The standard InChI is InChI=1S/C28H22Cl2N2O2/c29-19-11-9-17(10-12-19)24-25-22(7-4-8-23(25)33)32(21-15-13-20(30)14-16-21)28(31)26(24)27(34)18-5-2-1-3-6-18/h1-3,5-6,9-16,24,31,34H,4,7-8H2/t24-/m1/s1. The van der Waals surface area contributed by atoms with Gasteiger partial charge in [-0.25, -0.2) is 0 Å². The zero-order valence-corrected chi connectivity index (χ0v) is 19.8. The third-order valence-corrected chi connectivity index (χ3v) is 6.85. The second-order valence-corrected chi connectivity index (χ2v) is 9.28. The summed E-state index contributed by atoms with van der Waals surface area (Å²) < 4.78 is 0. The summed E-state index contributed by atoms with van der Waals surface area (Å²) in [6.07, 6.45) is 1.81. The number of Topliss-reactive ketones (excluding diaryl/α,β-unsaturated/α-hetero) is 1. The first-order valence-corrected chi connectivity index (χ1v) is 11.9. The molecule has 0 amide bonds. The number of nitrogens with zero attached hydrogens (tertiary/aromatic N) is 1. The third kappa shape index (κ3) is 3.93. The van der Waals surface area contributed by atoms with Crippen LogP contribution < -0.4 is 4.90 Å². The molecule has 34 heavy (non-hydrogen) atoms. The molecule has 3 aromatic carbocycles. The number of benzene rings is 3. The molecule has 0 radical (unpaired) electrons. The SMILES string of the molecule is N=C1C(=C(O)c2ccccc2)[C@H](c2ccc(Cl)cc2)C2=C(CCCC2=O)N1c1ccc(Cl)cc1. The van der Waals surface area contributed by atoms with Crippen molar-refractivity contribution in [1.29, 1.82) is 5.41 Å². The Morgan fingerprint density at radius 1 is 0.882 bits per heavy atom. The average molecular weight is 489 g/mol. The van der Waals surface area contributed by atoms with Crippen LogP contribution in [0.15, 0.2) is 95.7 Å². The first-order chi connectivity index (χ1) is 16.5. The van der Waals surface area contributed by atoms with E-state index in [-0.39, 0.29) is 17.4 Å². The molecule has 1 aliphatic heterocycles. The van der Waals surface area contributed by atoms with Gasteiger partial charge in [-0.1, -0.05) is 65.7 Å². The Hall–Kier alpha value is -3.34. The number of amidine groups is 1. The van der Waals surface area contributed by atoms with Gasteiger partial charge in [0.1, 0.15) is 11.6 Å². The lowest BCUT2D eigenvalue weighted by Gasteiger charge is -2.41. The fourth-order valence-electron chi connectivity index (χ4n) is 4.81. The minimum absolute atomic E-state index is 0.0190.